The molecule has 172 valence electrons. The second-order valence-corrected chi connectivity index (χ2v) is 10.3. The van der Waals surface area contributed by atoms with Gasteiger partial charge in [0.2, 0.25) is 0 Å². The van der Waals surface area contributed by atoms with Crippen molar-refractivity contribution in [3.05, 3.63) is 52.6 Å². The lowest BCUT2D eigenvalue weighted by molar-refractivity contribution is -0.147. The summed E-state index contributed by atoms with van der Waals surface area (Å²) in [7, 11) is 1.91. The van der Waals surface area contributed by atoms with Crippen LogP contribution in [0.1, 0.15) is 58.0 Å². The molecule has 1 saturated heterocycles. The predicted octanol–water partition coefficient (Wildman–Crippen LogP) is 4.35. The Morgan fingerprint density at radius 1 is 1.09 bits per heavy atom. The molecule has 2 aliphatic heterocycles. The summed E-state index contributed by atoms with van der Waals surface area (Å²) in [6, 6.07) is 9.46. The van der Waals surface area contributed by atoms with E-state index < -0.39 is 0 Å². The number of alkyl halides is 1. The summed E-state index contributed by atoms with van der Waals surface area (Å²) < 4.78 is 11.3. The summed E-state index contributed by atoms with van der Waals surface area (Å²) >= 11 is 3.46. The van der Waals surface area contributed by atoms with Gasteiger partial charge in [-0.15, -0.1) is 0 Å². The maximum Gasteiger partial charge on any atom is 0.323 e. The van der Waals surface area contributed by atoms with Crippen LogP contribution in [0.2, 0.25) is 0 Å². The lowest BCUT2D eigenvalue weighted by Crippen LogP contribution is -2.38. The van der Waals surface area contributed by atoms with Crippen molar-refractivity contribution in [3.8, 4) is 16.9 Å². The van der Waals surface area contributed by atoms with Crippen molar-refractivity contribution < 1.29 is 23.9 Å². The zero-order valence-electron chi connectivity index (χ0n) is 18.7. The maximum atomic E-state index is 12.7. The van der Waals surface area contributed by atoms with E-state index in [0.717, 1.165) is 53.5 Å². The Labute approximate surface area is 201 Å². The zero-order chi connectivity index (χ0) is 23.3. The van der Waals surface area contributed by atoms with E-state index in [-0.39, 0.29) is 35.0 Å². The van der Waals surface area contributed by atoms with Crippen LogP contribution >= 0.6 is 15.9 Å². The number of carbonyl (C=O) groups excluding carboxylic acids is 3. The molecule has 1 fully saturated rings. The number of likely N-dealkylation sites (tertiary alicyclic amines) is 1. The Bertz CT molecular complexity index is 1160. The van der Waals surface area contributed by atoms with Crippen LogP contribution in [0.25, 0.3) is 11.1 Å². The smallest absolute Gasteiger partial charge is 0.323 e. The fourth-order valence-electron chi connectivity index (χ4n) is 4.99. The van der Waals surface area contributed by atoms with E-state index in [2.05, 4.69) is 22.9 Å². The van der Waals surface area contributed by atoms with Gasteiger partial charge >= 0.3 is 5.97 Å². The largest absolute Gasteiger partial charge is 0.488 e. The van der Waals surface area contributed by atoms with Gasteiger partial charge in [0.15, 0.2) is 18.2 Å². The second kappa shape index (κ2) is 8.69. The minimum Gasteiger partial charge on any atom is -0.488 e. The van der Waals surface area contributed by atoms with Crippen LogP contribution in [0.4, 0.5) is 0 Å². The third kappa shape index (κ3) is 4.02. The number of nitrogens with zero attached hydrogens (tertiary/aromatic N) is 1. The van der Waals surface area contributed by atoms with E-state index in [1.54, 1.807) is 6.07 Å². The van der Waals surface area contributed by atoms with E-state index in [9.17, 15) is 14.4 Å². The van der Waals surface area contributed by atoms with Crippen LogP contribution in [-0.4, -0.2) is 53.0 Å². The normalized spacial score (nSPS) is 23.8. The summed E-state index contributed by atoms with van der Waals surface area (Å²) in [5, 5.41) is 0. The molecule has 7 heteroatoms. The Morgan fingerprint density at radius 2 is 1.91 bits per heavy atom. The molecule has 0 radical (unpaired) electrons. The average molecular weight is 512 g/mol. The van der Waals surface area contributed by atoms with Crippen LogP contribution in [0.15, 0.2) is 30.3 Å². The van der Waals surface area contributed by atoms with Crippen LogP contribution in [0.5, 0.6) is 5.75 Å². The molecule has 2 aromatic rings. The lowest BCUT2D eigenvalue weighted by atomic mass is 9.85. The van der Waals surface area contributed by atoms with Crippen molar-refractivity contribution in [2.45, 2.75) is 56.1 Å². The van der Waals surface area contributed by atoms with Gasteiger partial charge in [0, 0.05) is 22.7 Å². The molecule has 2 heterocycles. The molecule has 5 rings (SSSR count). The first-order chi connectivity index (χ1) is 15.8. The quantitative estimate of drug-likeness (QED) is 0.345. The van der Waals surface area contributed by atoms with Crippen LogP contribution in [0, 0.1) is 0 Å². The van der Waals surface area contributed by atoms with Crippen molar-refractivity contribution in [2.75, 3.05) is 13.7 Å². The highest BCUT2D eigenvalue weighted by Gasteiger charge is 2.34. The molecule has 2 aromatic carbocycles. The summed E-state index contributed by atoms with van der Waals surface area (Å²) in [4.78, 5) is 39.5. The number of halogens is 1. The van der Waals surface area contributed by atoms with Crippen molar-refractivity contribution in [1.29, 1.82) is 0 Å². The average Bonchev–Trinajstić information content (AvgIpc) is 3.16. The number of fused-ring (bicyclic) bond motifs is 4. The number of hydrogen-bond donors (Lipinski definition) is 0. The van der Waals surface area contributed by atoms with E-state index in [4.69, 9.17) is 9.47 Å². The van der Waals surface area contributed by atoms with E-state index in [1.807, 2.05) is 36.2 Å². The number of ether oxygens (including phenoxy) is 2. The first-order valence-electron chi connectivity index (χ1n) is 11.4. The highest BCUT2D eigenvalue weighted by atomic mass is 79.9. The molecule has 0 aromatic heterocycles. The topological polar surface area (TPSA) is 72.9 Å². The van der Waals surface area contributed by atoms with Crippen molar-refractivity contribution in [3.63, 3.8) is 0 Å². The van der Waals surface area contributed by atoms with E-state index in [1.165, 1.54) is 0 Å². The maximum absolute atomic E-state index is 12.7. The third-order valence-corrected chi connectivity index (χ3v) is 8.06. The molecule has 3 atom stereocenters. The number of likely N-dealkylation sites (N-methyl/N-ethyl adjacent to an activating group) is 1. The molecular formula is C26H26BrNO5. The van der Waals surface area contributed by atoms with Crippen molar-refractivity contribution in [2.24, 2.45) is 0 Å². The molecule has 1 aliphatic carbocycles. The summed E-state index contributed by atoms with van der Waals surface area (Å²) in [6.07, 6.45) is 3.31. The molecule has 0 bridgehead atoms. The van der Waals surface area contributed by atoms with Gasteiger partial charge in [-0.2, -0.15) is 0 Å². The van der Waals surface area contributed by atoms with Gasteiger partial charge in [-0.1, -0.05) is 28.1 Å². The molecule has 1 unspecified atom stereocenters. The standard InChI is InChI=1S/C26H26BrNO5/c1-14-3-8-22(28(14)2)26(31)33-13-23(29)16-4-6-18-17(9-16)12-32-24-11-19-15(10-20(18)24)5-7-21(27)25(19)30/h4,6,9-11,14,21-22H,3,5,7-8,12-13H2,1-2H3/t14-,21?,22-/m0/s1. The van der Waals surface area contributed by atoms with Crippen molar-refractivity contribution in [1.82, 2.24) is 4.90 Å². The van der Waals surface area contributed by atoms with Gasteiger partial charge in [-0.05, 0) is 74.5 Å². The molecule has 3 aliphatic rings. The molecular weight excluding hydrogens is 486 g/mol. The number of Topliss-reactive ketones (excluding diaryl/α,β-unsaturated/α-hetero) is 2. The van der Waals surface area contributed by atoms with Gasteiger partial charge in [-0.25, -0.2) is 0 Å². The Morgan fingerprint density at radius 3 is 2.67 bits per heavy atom. The fourth-order valence-corrected chi connectivity index (χ4v) is 5.47. The van der Waals surface area contributed by atoms with Crippen LogP contribution in [-0.2, 0) is 22.6 Å². The fraction of sp³-hybridized carbons (Fsp3) is 0.423. The molecule has 0 spiro atoms. The number of rotatable bonds is 4. The van der Waals surface area contributed by atoms with E-state index >= 15 is 0 Å². The van der Waals surface area contributed by atoms with Gasteiger partial charge in [0.1, 0.15) is 18.4 Å². The SMILES string of the molecule is C[C@H]1CC[C@@H](C(=O)OCC(=O)c2ccc3c(c2)COc2cc4c(cc2-3)CCC(Br)C4=O)N1C. The monoisotopic (exact) mass is 511 g/mol. The molecule has 6 nitrogen and oxygen atoms in total. The molecule has 0 N–H and O–H groups in total. The van der Waals surface area contributed by atoms with E-state index in [0.29, 0.717) is 24.0 Å². The van der Waals surface area contributed by atoms with Gasteiger partial charge in [0.25, 0.3) is 0 Å². The predicted molar refractivity (Wildman–Crippen MR) is 127 cm³/mol. The first-order valence-corrected chi connectivity index (χ1v) is 12.3. The van der Waals surface area contributed by atoms with Gasteiger partial charge < -0.3 is 9.47 Å². The number of carbonyl (C=O) groups is 3. The highest BCUT2D eigenvalue weighted by Crippen LogP contribution is 2.41. The highest BCUT2D eigenvalue weighted by molar-refractivity contribution is 9.10. The summed E-state index contributed by atoms with van der Waals surface area (Å²) in [5.41, 5.74) is 5.11. The van der Waals surface area contributed by atoms with Gasteiger partial charge in [-0.3, -0.25) is 19.3 Å². The number of hydrogen-bond acceptors (Lipinski definition) is 6. The zero-order valence-corrected chi connectivity index (χ0v) is 20.3. The lowest BCUT2D eigenvalue weighted by Gasteiger charge is -2.26. The van der Waals surface area contributed by atoms with Crippen LogP contribution in [0.3, 0.4) is 0 Å². The molecule has 0 amide bonds. The first kappa shape index (κ1) is 22.3. The molecule has 0 saturated carbocycles. The number of benzene rings is 2. The Balaban J connectivity index is 1.32. The summed E-state index contributed by atoms with van der Waals surface area (Å²) in [6.45, 7) is 2.13. The van der Waals surface area contributed by atoms with Gasteiger partial charge in [0.05, 0.1) is 4.83 Å². The minimum atomic E-state index is -0.338. The number of ketones is 2. The number of aryl methyl sites for hydroxylation is 1. The Hall–Kier alpha value is -2.51. The second-order valence-electron chi connectivity index (χ2n) is 9.18. The van der Waals surface area contributed by atoms with Crippen LogP contribution < -0.4 is 4.74 Å². The Kier molecular flexibility index (Phi) is 5.87. The molecule has 33 heavy (non-hydrogen) atoms. The van der Waals surface area contributed by atoms with Crippen molar-refractivity contribution >= 4 is 33.5 Å². The third-order valence-electron chi connectivity index (χ3n) is 7.19. The number of esters is 1. The summed E-state index contributed by atoms with van der Waals surface area (Å²) in [5.74, 6) is 0.224. The minimum absolute atomic E-state index is 0.0993.